The molecule has 0 saturated carbocycles. The SMILES string of the molecule is Cc1ccc(-n2nnc(C(=O)Nc3ncccc3C)n2)cc1. The number of aromatic nitrogens is 5. The van der Waals surface area contributed by atoms with E-state index in [0.717, 1.165) is 16.8 Å². The number of nitrogens with one attached hydrogen (secondary N) is 1. The topological polar surface area (TPSA) is 85.6 Å². The van der Waals surface area contributed by atoms with Crippen LogP contribution < -0.4 is 5.32 Å². The van der Waals surface area contributed by atoms with E-state index in [4.69, 9.17) is 0 Å². The zero-order valence-electron chi connectivity index (χ0n) is 12.2. The molecule has 2 aromatic heterocycles. The molecule has 0 unspecified atom stereocenters. The minimum absolute atomic E-state index is 0.00868. The van der Waals surface area contributed by atoms with Crippen LogP contribution in [0.15, 0.2) is 42.6 Å². The van der Waals surface area contributed by atoms with Gasteiger partial charge in [0.2, 0.25) is 0 Å². The van der Waals surface area contributed by atoms with Crippen molar-refractivity contribution in [1.82, 2.24) is 25.2 Å². The zero-order valence-corrected chi connectivity index (χ0v) is 12.2. The Morgan fingerprint density at radius 1 is 1.14 bits per heavy atom. The molecule has 0 spiro atoms. The number of benzene rings is 1. The van der Waals surface area contributed by atoms with Crippen molar-refractivity contribution in [2.24, 2.45) is 0 Å². The Morgan fingerprint density at radius 2 is 1.91 bits per heavy atom. The van der Waals surface area contributed by atoms with Gasteiger partial charge >= 0.3 is 0 Å². The number of pyridine rings is 1. The summed E-state index contributed by atoms with van der Waals surface area (Å²) in [4.78, 5) is 17.6. The molecule has 0 aliphatic heterocycles. The van der Waals surface area contributed by atoms with E-state index in [9.17, 15) is 4.79 Å². The van der Waals surface area contributed by atoms with Gasteiger partial charge in [-0.1, -0.05) is 23.8 Å². The molecule has 1 N–H and O–H groups in total. The number of tetrazole rings is 1. The number of carbonyl (C=O) groups excluding carboxylic acids is 1. The number of anilines is 1. The summed E-state index contributed by atoms with van der Waals surface area (Å²) < 4.78 is 0. The second-order valence-corrected chi connectivity index (χ2v) is 4.86. The maximum atomic E-state index is 12.1. The maximum absolute atomic E-state index is 12.1. The van der Waals surface area contributed by atoms with Crippen LogP contribution in [-0.4, -0.2) is 31.1 Å². The van der Waals surface area contributed by atoms with E-state index in [0.29, 0.717) is 5.82 Å². The van der Waals surface area contributed by atoms with Crippen LogP contribution in [0.5, 0.6) is 0 Å². The number of rotatable bonds is 3. The molecule has 0 radical (unpaired) electrons. The molecule has 0 aliphatic rings. The lowest BCUT2D eigenvalue weighted by molar-refractivity contribution is 0.101. The molecule has 0 saturated heterocycles. The molecule has 0 fully saturated rings. The van der Waals surface area contributed by atoms with Crippen LogP contribution >= 0.6 is 0 Å². The minimum Gasteiger partial charge on any atom is -0.303 e. The molecule has 0 bridgehead atoms. The molecule has 22 heavy (non-hydrogen) atoms. The van der Waals surface area contributed by atoms with Crippen molar-refractivity contribution < 1.29 is 4.79 Å². The number of nitrogens with zero attached hydrogens (tertiary/aromatic N) is 5. The van der Waals surface area contributed by atoms with E-state index < -0.39 is 5.91 Å². The lowest BCUT2D eigenvalue weighted by atomic mass is 10.2. The Labute approximate surface area is 127 Å². The van der Waals surface area contributed by atoms with Gasteiger partial charge in [-0.25, -0.2) is 4.98 Å². The molecular weight excluding hydrogens is 280 g/mol. The van der Waals surface area contributed by atoms with E-state index in [1.165, 1.54) is 4.80 Å². The summed E-state index contributed by atoms with van der Waals surface area (Å²) in [5.74, 6) is 0.0324. The first-order chi connectivity index (χ1) is 10.6. The van der Waals surface area contributed by atoms with Crippen molar-refractivity contribution in [3.05, 3.63) is 59.5 Å². The summed E-state index contributed by atoms with van der Waals surface area (Å²) in [7, 11) is 0. The third kappa shape index (κ3) is 2.83. The smallest absolute Gasteiger partial charge is 0.298 e. The summed E-state index contributed by atoms with van der Waals surface area (Å²) in [5, 5.41) is 14.4. The Balaban J connectivity index is 1.80. The average Bonchev–Trinajstić information content (AvgIpc) is 3.00. The normalized spacial score (nSPS) is 10.5. The molecule has 0 aliphatic carbocycles. The fourth-order valence-electron chi connectivity index (χ4n) is 1.87. The fraction of sp³-hybridized carbons (Fsp3) is 0.133. The van der Waals surface area contributed by atoms with Gasteiger partial charge in [-0.3, -0.25) is 4.79 Å². The molecule has 3 aromatic rings. The molecule has 2 heterocycles. The van der Waals surface area contributed by atoms with Gasteiger partial charge in [-0.05, 0) is 42.8 Å². The highest BCUT2D eigenvalue weighted by atomic mass is 16.2. The molecule has 1 aromatic carbocycles. The van der Waals surface area contributed by atoms with Crippen molar-refractivity contribution in [2.75, 3.05) is 5.32 Å². The highest BCUT2D eigenvalue weighted by Crippen LogP contribution is 2.10. The van der Waals surface area contributed by atoms with Crippen LogP contribution in [0.1, 0.15) is 21.7 Å². The van der Waals surface area contributed by atoms with Crippen molar-refractivity contribution in [3.8, 4) is 5.69 Å². The molecule has 3 rings (SSSR count). The van der Waals surface area contributed by atoms with Gasteiger partial charge in [0.15, 0.2) is 0 Å². The van der Waals surface area contributed by atoms with Gasteiger partial charge in [0.05, 0.1) is 5.69 Å². The molecule has 1 amide bonds. The second kappa shape index (κ2) is 5.72. The van der Waals surface area contributed by atoms with Crippen molar-refractivity contribution in [2.45, 2.75) is 13.8 Å². The predicted molar refractivity (Wildman–Crippen MR) is 80.8 cm³/mol. The van der Waals surface area contributed by atoms with E-state index in [1.807, 2.05) is 44.2 Å². The largest absolute Gasteiger partial charge is 0.303 e. The quantitative estimate of drug-likeness (QED) is 0.797. The van der Waals surface area contributed by atoms with Crippen LogP contribution in [0.2, 0.25) is 0 Å². The molecule has 7 heteroatoms. The minimum atomic E-state index is -0.444. The first-order valence-corrected chi connectivity index (χ1v) is 6.73. The van der Waals surface area contributed by atoms with Gasteiger partial charge in [0, 0.05) is 6.20 Å². The number of aryl methyl sites for hydroxylation is 2. The number of hydrogen-bond donors (Lipinski definition) is 1. The van der Waals surface area contributed by atoms with Gasteiger partial charge in [-0.2, -0.15) is 0 Å². The van der Waals surface area contributed by atoms with Gasteiger partial charge < -0.3 is 5.32 Å². The van der Waals surface area contributed by atoms with Crippen LogP contribution in [-0.2, 0) is 0 Å². The lowest BCUT2D eigenvalue weighted by Gasteiger charge is -2.03. The third-order valence-corrected chi connectivity index (χ3v) is 3.12. The van der Waals surface area contributed by atoms with Crippen LogP contribution in [0.3, 0.4) is 0 Å². The summed E-state index contributed by atoms with van der Waals surface area (Å²) in [6.07, 6.45) is 1.61. The Morgan fingerprint density at radius 3 is 2.64 bits per heavy atom. The zero-order chi connectivity index (χ0) is 15.5. The van der Waals surface area contributed by atoms with E-state index in [-0.39, 0.29) is 5.82 Å². The molecule has 7 nitrogen and oxygen atoms in total. The van der Waals surface area contributed by atoms with Gasteiger partial charge in [-0.15, -0.1) is 15.0 Å². The second-order valence-electron chi connectivity index (χ2n) is 4.86. The Bertz CT molecular complexity index is 809. The van der Waals surface area contributed by atoms with Gasteiger partial charge in [0.1, 0.15) is 5.82 Å². The Kier molecular flexibility index (Phi) is 3.61. The molecule has 110 valence electrons. The maximum Gasteiger partial charge on any atom is 0.298 e. The van der Waals surface area contributed by atoms with Crippen LogP contribution in [0, 0.1) is 13.8 Å². The highest BCUT2D eigenvalue weighted by molar-refractivity contribution is 6.01. The van der Waals surface area contributed by atoms with Crippen molar-refractivity contribution >= 4 is 11.7 Å². The monoisotopic (exact) mass is 294 g/mol. The number of carbonyl (C=O) groups is 1. The summed E-state index contributed by atoms with van der Waals surface area (Å²) in [6.45, 7) is 3.85. The number of hydrogen-bond acceptors (Lipinski definition) is 5. The first-order valence-electron chi connectivity index (χ1n) is 6.73. The average molecular weight is 294 g/mol. The van der Waals surface area contributed by atoms with E-state index >= 15 is 0 Å². The van der Waals surface area contributed by atoms with Crippen LogP contribution in [0.25, 0.3) is 5.69 Å². The molecule has 0 atom stereocenters. The first kappa shape index (κ1) is 13.9. The number of amides is 1. The van der Waals surface area contributed by atoms with Crippen molar-refractivity contribution in [3.63, 3.8) is 0 Å². The van der Waals surface area contributed by atoms with E-state index in [1.54, 1.807) is 12.3 Å². The fourth-order valence-corrected chi connectivity index (χ4v) is 1.87. The van der Waals surface area contributed by atoms with E-state index in [2.05, 4.69) is 25.7 Å². The molecular formula is C15H14N6O. The standard InChI is InChI=1S/C15H14N6O/c1-10-5-7-12(8-6-10)21-19-14(18-20-21)15(22)17-13-11(2)4-3-9-16-13/h3-9H,1-2H3,(H,16,17,22). The van der Waals surface area contributed by atoms with Crippen molar-refractivity contribution in [1.29, 1.82) is 0 Å². The summed E-state index contributed by atoms with van der Waals surface area (Å²) in [5.41, 5.74) is 2.74. The Hall–Kier alpha value is -3.09. The predicted octanol–water partition coefficient (Wildman–Crippen LogP) is 1.93. The van der Waals surface area contributed by atoms with Crippen LogP contribution in [0.4, 0.5) is 5.82 Å². The van der Waals surface area contributed by atoms with Gasteiger partial charge in [0.25, 0.3) is 11.7 Å². The summed E-state index contributed by atoms with van der Waals surface area (Å²) >= 11 is 0. The third-order valence-electron chi connectivity index (χ3n) is 3.12. The summed E-state index contributed by atoms with van der Waals surface area (Å²) in [6, 6.07) is 11.3. The highest BCUT2D eigenvalue weighted by Gasteiger charge is 2.15. The lowest BCUT2D eigenvalue weighted by Crippen LogP contribution is -2.16.